The van der Waals surface area contributed by atoms with E-state index in [0.29, 0.717) is 11.6 Å². The molecule has 4 nitrogen and oxygen atoms in total. The first-order valence-corrected chi connectivity index (χ1v) is 9.18. The molecule has 0 N–H and O–H groups in total. The van der Waals surface area contributed by atoms with Gasteiger partial charge in [-0.2, -0.15) is 0 Å². The van der Waals surface area contributed by atoms with Crippen LogP contribution in [0, 0.1) is 5.92 Å². The van der Waals surface area contributed by atoms with Crippen LogP contribution in [0.25, 0.3) is 0 Å². The monoisotopic (exact) mass is 305 g/mol. The number of aldehydes is 1. The Morgan fingerprint density at radius 3 is 2.45 bits per heavy atom. The lowest BCUT2D eigenvalue weighted by Crippen LogP contribution is -2.18. The first-order valence-electron chi connectivity index (χ1n) is 9.18. The molecule has 1 aromatic rings. The van der Waals surface area contributed by atoms with Crippen molar-refractivity contribution in [1.29, 1.82) is 0 Å². The molecule has 0 unspecified atom stereocenters. The number of rotatable bonds is 9. The van der Waals surface area contributed by atoms with Gasteiger partial charge in [-0.05, 0) is 38.0 Å². The minimum Gasteiger partial charge on any atom is -0.296 e. The summed E-state index contributed by atoms with van der Waals surface area (Å²) in [5, 5.41) is 8.34. The van der Waals surface area contributed by atoms with Crippen molar-refractivity contribution < 1.29 is 4.79 Å². The molecule has 4 heteroatoms. The van der Waals surface area contributed by atoms with Crippen LogP contribution in [0.5, 0.6) is 0 Å². The molecular weight excluding hydrogens is 274 g/mol. The predicted molar refractivity (Wildman–Crippen MR) is 89.2 cm³/mol. The van der Waals surface area contributed by atoms with Crippen LogP contribution in [0.4, 0.5) is 0 Å². The molecule has 0 atom stereocenters. The first-order chi connectivity index (χ1) is 10.8. The van der Waals surface area contributed by atoms with Crippen molar-refractivity contribution in [2.75, 3.05) is 0 Å². The van der Waals surface area contributed by atoms with Gasteiger partial charge in [0.15, 0.2) is 6.29 Å². The van der Waals surface area contributed by atoms with Gasteiger partial charge < -0.3 is 0 Å². The fraction of sp³-hybridized carbons (Fsp3) is 0.833. The second-order valence-electron chi connectivity index (χ2n) is 6.77. The smallest absolute Gasteiger partial charge is 0.172 e. The van der Waals surface area contributed by atoms with Crippen LogP contribution in [0.3, 0.4) is 0 Å². The fourth-order valence-electron chi connectivity index (χ4n) is 3.73. The zero-order chi connectivity index (χ0) is 15.8. The van der Waals surface area contributed by atoms with Crippen molar-refractivity contribution >= 4 is 6.29 Å². The summed E-state index contributed by atoms with van der Waals surface area (Å²) in [4.78, 5) is 11.3. The van der Waals surface area contributed by atoms with Crippen molar-refractivity contribution in [1.82, 2.24) is 15.0 Å². The number of carbonyl (C=O) groups is 1. The van der Waals surface area contributed by atoms with Gasteiger partial charge in [0.05, 0.1) is 5.69 Å². The van der Waals surface area contributed by atoms with Crippen molar-refractivity contribution in [3.8, 4) is 0 Å². The third kappa shape index (κ3) is 4.40. The van der Waals surface area contributed by atoms with E-state index in [2.05, 4.69) is 24.2 Å². The summed E-state index contributed by atoms with van der Waals surface area (Å²) in [7, 11) is 0. The molecule has 124 valence electrons. The summed E-state index contributed by atoms with van der Waals surface area (Å²) in [6, 6.07) is 0. The fourth-order valence-corrected chi connectivity index (χ4v) is 3.73. The van der Waals surface area contributed by atoms with Gasteiger partial charge in [0.25, 0.3) is 0 Å². The van der Waals surface area contributed by atoms with Gasteiger partial charge in [0.1, 0.15) is 5.69 Å². The number of unbranched alkanes of at least 4 members (excludes halogenated alkanes) is 3. The Hall–Kier alpha value is -1.19. The molecule has 1 saturated carbocycles. The Morgan fingerprint density at radius 2 is 1.82 bits per heavy atom. The van der Waals surface area contributed by atoms with E-state index in [1.807, 2.05) is 4.68 Å². The molecule has 1 fully saturated rings. The molecule has 0 radical (unpaired) electrons. The van der Waals surface area contributed by atoms with E-state index in [1.165, 1.54) is 57.8 Å². The van der Waals surface area contributed by atoms with Gasteiger partial charge in [0, 0.05) is 12.5 Å². The number of carbonyl (C=O) groups excluding carboxylic acids is 1. The van der Waals surface area contributed by atoms with Crippen LogP contribution in [-0.2, 0) is 6.54 Å². The van der Waals surface area contributed by atoms with Crippen LogP contribution < -0.4 is 0 Å². The SMILES string of the molecule is CCCCCn1nnc(C=O)c1C1CCC(CCCC)CC1. The quantitative estimate of drug-likeness (QED) is 0.489. The summed E-state index contributed by atoms with van der Waals surface area (Å²) >= 11 is 0. The van der Waals surface area contributed by atoms with E-state index in [1.54, 1.807) is 0 Å². The minimum absolute atomic E-state index is 0.481. The summed E-state index contributed by atoms with van der Waals surface area (Å²) in [5.74, 6) is 1.37. The van der Waals surface area contributed by atoms with Gasteiger partial charge in [-0.3, -0.25) is 4.79 Å². The lowest BCUT2D eigenvalue weighted by Gasteiger charge is -2.29. The maximum atomic E-state index is 11.3. The maximum absolute atomic E-state index is 11.3. The predicted octanol–water partition coefficient (Wildman–Crippen LogP) is 4.74. The molecule has 1 aliphatic carbocycles. The average Bonchev–Trinajstić information content (AvgIpc) is 2.96. The van der Waals surface area contributed by atoms with Crippen LogP contribution >= 0.6 is 0 Å². The van der Waals surface area contributed by atoms with Gasteiger partial charge >= 0.3 is 0 Å². The normalized spacial score (nSPS) is 21.9. The lowest BCUT2D eigenvalue weighted by molar-refractivity contribution is 0.111. The topological polar surface area (TPSA) is 47.8 Å². The van der Waals surface area contributed by atoms with Crippen LogP contribution in [-0.4, -0.2) is 21.3 Å². The summed E-state index contributed by atoms with van der Waals surface area (Å²) in [5.41, 5.74) is 1.69. The van der Waals surface area contributed by atoms with Crippen LogP contribution in [0.1, 0.15) is 100 Å². The Bertz CT molecular complexity index is 447. The number of aryl methyl sites for hydroxylation is 1. The van der Waals surface area contributed by atoms with Crippen molar-refractivity contribution in [2.24, 2.45) is 5.92 Å². The maximum Gasteiger partial charge on any atom is 0.172 e. The number of hydrogen-bond donors (Lipinski definition) is 0. The Balaban J connectivity index is 1.98. The Morgan fingerprint density at radius 1 is 1.09 bits per heavy atom. The highest BCUT2D eigenvalue weighted by molar-refractivity contribution is 5.73. The number of aromatic nitrogens is 3. The van der Waals surface area contributed by atoms with Crippen molar-refractivity contribution in [3.05, 3.63) is 11.4 Å². The molecule has 0 aromatic carbocycles. The van der Waals surface area contributed by atoms with Gasteiger partial charge in [-0.1, -0.05) is 51.2 Å². The third-order valence-corrected chi connectivity index (χ3v) is 5.09. The highest BCUT2D eigenvalue weighted by Crippen LogP contribution is 2.38. The number of hydrogen-bond acceptors (Lipinski definition) is 3. The molecule has 22 heavy (non-hydrogen) atoms. The van der Waals surface area contributed by atoms with Gasteiger partial charge in [-0.15, -0.1) is 5.10 Å². The molecule has 1 heterocycles. The largest absolute Gasteiger partial charge is 0.296 e. The third-order valence-electron chi connectivity index (χ3n) is 5.09. The van der Waals surface area contributed by atoms with E-state index in [9.17, 15) is 4.79 Å². The highest BCUT2D eigenvalue weighted by atomic mass is 16.1. The van der Waals surface area contributed by atoms with Gasteiger partial charge in [0.2, 0.25) is 0 Å². The van der Waals surface area contributed by atoms with E-state index in [0.717, 1.165) is 30.9 Å². The Labute approximate surface area is 134 Å². The lowest BCUT2D eigenvalue weighted by atomic mass is 9.78. The molecule has 1 aliphatic rings. The zero-order valence-corrected chi connectivity index (χ0v) is 14.3. The van der Waals surface area contributed by atoms with E-state index >= 15 is 0 Å². The Kier molecular flexibility index (Phi) is 7.07. The molecule has 0 saturated heterocycles. The molecule has 0 bridgehead atoms. The van der Waals surface area contributed by atoms with Crippen molar-refractivity contribution in [2.45, 2.75) is 90.5 Å². The highest BCUT2D eigenvalue weighted by Gasteiger charge is 2.27. The average molecular weight is 305 g/mol. The molecule has 0 amide bonds. The summed E-state index contributed by atoms with van der Waals surface area (Å²) in [6.45, 7) is 5.37. The number of nitrogens with zero attached hydrogens (tertiary/aromatic N) is 3. The second-order valence-corrected chi connectivity index (χ2v) is 6.77. The van der Waals surface area contributed by atoms with E-state index in [4.69, 9.17) is 0 Å². The van der Waals surface area contributed by atoms with Crippen LogP contribution in [0.15, 0.2) is 0 Å². The molecule has 0 spiro atoms. The van der Waals surface area contributed by atoms with Crippen molar-refractivity contribution in [3.63, 3.8) is 0 Å². The first kappa shape index (κ1) is 17.2. The van der Waals surface area contributed by atoms with Gasteiger partial charge in [-0.25, -0.2) is 4.68 Å². The van der Waals surface area contributed by atoms with E-state index < -0.39 is 0 Å². The standard InChI is InChI=1S/C18H31N3O/c1-3-5-7-13-21-18(17(14-22)19-20-21)16-11-9-15(10-12-16)8-6-4-2/h14-16H,3-13H2,1-2H3. The molecule has 0 aliphatic heterocycles. The molecular formula is C18H31N3O. The van der Waals surface area contributed by atoms with Crippen LogP contribution in [0.2, 0.25) is 0 Å². The molecule has 2 rings (SSSR count). The molecule has 1 aromatic heterocycles. The zero-order valence-electron chi connectivity index (χ0n) is 14.3. The minimum atomic E-state index is 0.481. The van der Waals surface area contributed by atoms with E-state index in [-0.39, 0.29) is 0 Å². The summed E-state index contributed by atoms with van der Waals surface area (Å²) < 4.78 is 2.01. The second kappa shape index (κ2) is 9.06. The summed E-state index contributed by atoms with van der Waals surface area (Å²) in [6.07, 6.45) is 13.4.